The van der Waals surface area contributed by atoms with E-state index in [0.29, 0.717) is 11.3 Å². The van der Waals surface area contributed by atoms with Crippen LogP contribution in [-0.2, 0) is 9.59 Å². The second-order valence-electron chi connectivity index (χ2n) is 3.96. The van der Waals surface area contributed by atoms with Crippen molar-refractivity contribution in [3.05, 3.63) is 41.0 Å². The van der Waals surface area contributed by atoms with Gasteiger partial charge in [-0.1, -0.05) is 6.07 Å². The Kier molecular flexibility index (Phi) is 4.41. The molecular formula is C13H13NO5. The van der Waals surface area contributed by atoms with Gasteiger partial charge in [-0.15, -0.1) is 0 Å². The second kappa shape index (κ2) is 5.81. The van der Waals surface area contributed by atoms with Gasteiger partial charge in [0, 0.05) is 17.3 Å². The molecule has 0 aromatic heterocycles. The van der Waals surface area contributed by atoms with Crippen molar-refractivity contribution >= 4 is 23.5 Å². The second-order valence-corrected chi connectivity index (χ2v) is 3.96. The van der Waals surface area contributed by atoms with Gasteiger partial charge in [-0.2, -0.15) is 0 Å². The minimum absolute atomic E-state index is 0.0415. The van der Waals surface area contributed by atoms with Crippen LogP contribution >= 0.6 is 0 Å². The van der Waals surface area contributed by atoms with Crippen LogP contribution in [0.25, 0.3) is 0 Å². The van der Waals surface area contributed by atoms with Gasteiger partial charge in [0.05, 0.1) is 5.56 Å². The van der Waals surface area contributed by atoms with Crippen LogP contribution in [0.2, 0.25) is 0 Å². The van der Waals surface area contributed by atoms with Crippen molar-refractivity contribution in [1.82, 2.24) is 0 Å². The van der Waals surface area contributed by atoms with Crippen LogP contribution in [0.1, 0.15) is 22.8 Å². The summed E-state index contributed by atoms with van der Waals surface area (Å²) in [6.45, 7) is 3.00. The molecule has 0 saturated carbocycles. The van der Waals surface area contributed by atoms with Crippen LogP contribution in [0.15, 0.2) is 29.8 Å². The van der Waals surface area contributed by atoms with E-state index in [9.17, 15) is 14.4 Å². The number of aromatic carboxylic acids is 1. The Labute approximate surface area is 109 Å². The molecule has 1 aromatic rings. The van der Waals surface area contributed by atoms with Gasteiger partial charge in [-0.05, 0) is 31.5 Å². The summed E-state index contributed by atoms with van der Waals surface area (Å²) in [4.78, 5) is 32.9. The largest absolute Gasteiger partial charge is 0.478 e. The van der Waals surface area contributed by atoms with Gasteiger partial charge in [-0.25, -0.2) is 9.59 Å². The van der Waals surface area contributed by atoms with Crippen molar-refractivity contribution in [3.63, 3.8) is 0 Å². The minimum atomic E-state index is -1.19. The number of hydrogen-bond acceptors (Lipinski definition) is 3. The molecule has 0 heterocycles. The van der Waals surface area contributed by atoms with Gasteiger partial charge >= 0.3 is 11.9 Å². The predicted octanol–water partition coefficient (Wildman–Crippen LogP) is 1.66. The Morgan fingerprint density at radius 3 is 2.37 bits per heavy atom. The summed E-state index contributed by atoms with van der Waals surface area (Å²) in [5.41, 5.74) is 0.948. The monoisotopic (exact) mass is 263 g/mol. The van der Waals surface area contributed by atoms with Crippen LogP contribution in [0.5, 0.6) is 0 Å². The molecule has 1 aromatic carbocycles. The number of rotatable bonds is 4. The molecular weight excluding hydrogens is 250 g/mol. The molecule has 1 amide bonds. The van der Waals surface area contributed by atoms with Gasteiger partial charge in [0.1, 0.15) is 0 Å². The number of hydrogen-bond donors (Lipinski definition) is 3. The van der Waals surface area contributed by atoms with E-state index in [1.165, 1.54) is 19.1 Å². The minimum Gasteiger partial charge on any atom is -0.478 e. The van der Waals surface area contributed by atoms with E-state index in [1.54, 1.807) is 13.0 Å². The van der Waals surface area contributed by atoms with Crippen LogP contribution in [-0.4, -0.2) is 28.1 Å². The summed E-state index contributed by atoms with van der Waals surface area (Å²) in [7, 11) is 0. The van der Waals surface area contributed by atoms with Gasteiger partial charge in [-0.3, -0.25) is 4.79 Å². The van der Waals surface area contributed by atoms with Gasteiger partial charge in [0.2, 0.25) is 5.91 Å². The maximum absolute atomic E-state index is 11.6. The molecule has 6 heteroatoms. The molecule has 0 fully saturated rings. The fourth-order valence-corrected chi connectivity index (χ4v) is 1.32. The standard InChI is InChI=1S/C13H13NO5/c1-7-3-4-9(13(18)19)6-10(7)14-11(15)5-8(2)12(16)17/h3-6H,1-2H3,(H,14,15)(H,16,17)(H,18,19)/b8-5+. The Morgan fingerprint density at radius 1 is 1.21 bits per heavy atom. The van der Waals surface area contributed by atoms with Crippen molar-refractivity contribution in [2.75, 3.05) is 5.32 Å². The molecule has 0 atom stereocenters. The third-order valence-electron chi connectivity index (χ3n) is 2.43. The number of carboxylic acids is 2. The lowest BCUT2D eigenvalue weighted by atomic mass is 10.1. The fourth-order valence-electron chi connectivity index (χ4n) is 1.32. The van der Waals surface area contributed by atoms with Gasteiger partial charge in [0.25, 0.3) is 0 Å². The zero-order chi connectivity index (χ0) is 14.6. The number of carboxylic acid groups (broad SMARTS) is 2. The van der Waals surface area contributed by atoms with Gasteiger partial charge < -0.3 is 15.5 Å². The van der Waals surface area contributed by atoms with Crippen LogP contribution in [0.4, 0.5) is 5.69 Å². The number of aliphatic carboxylic acids is 1. The smallest absolute Gasteiger partial charge is 0.335 e. The van der Waals surface area contributed by atoms with E-state index >= 15 is 0 Å². The average Bonchev–Trinajstić information content (AvgIpc) is 2.31. The summed E-state index contributed by atoms with van der Waals surface area (Å²) < 4.78 is 0. The van der Waals surface area contributed by atoms with E-state index < -0.39 is 17.8 Å². The van der Waals surface area contributed by atoms with Crippen LogP contribution in [0.3, 0.4) is 0 Å². The molecule has 19 heavy (non-hydrogen) atoms. The topological polar surface area (TPSA) is 104 Å². The molecule has 100 valence electrons. The van der Waals surface area contributed by atoms with Crippen molar-refractivity contribution in [1.29, 1.82) is 0 Å². The van der Waals surface area contributed by atoms with E-state index in [4.69, 9.17) is 10.2 Å². The molecule has 0 bridgehead atoms. The lowest BCUT2D eigenvalue weighted by Crippen LogP contribution is -2.12. The van der Waals surface area contributed by atoms with Crippen molar-refractivity contribution in [3.8, 4) is 0 Å². The first-order valence-electron chi connectivity index (χ1n) is 5.37. The lowest BCUT2D eigenvalue weighted by molar-refractivity contribution is -0.132. The first-order chi connectivity index (χ1) is 8.81. The highest BCUT2D eigenvalue weighted by molar-refractivity contribution is 6.05. The number of benzene rings is 1. The normalized spacial score (nSPS) is 10.9. The van der Waals surface area contributed by atoms with E-state index in [-0.39, 0.29) is 11.1 Å². The molecule has 0 aliphatic rings. The molecule has 0 aliphatic heterocycles. The highest BCUT2D eigenvalue weighted by Crippen LogP contribution is 2.17. The third-order valence-corrected chi connectivity index (χ3v) is 2.43. The highest BCUT2D eigenvalue weighted by Gasteiger charge is 2.09. The number of aryl methyl sites for hydroxylation is 1. The average molecular weight is 263 g/mol. The molecule has 0 unspecified atom stereocenters. The molecule has 1 rings (SSSR count). The van der Waals surface area contributed by atoms with Gasteiger partial charge in [0.15, 0.2) is 0 Å². The third kappa shape index (κ3) is 3.95. The highest BCUT2D eigenvalue weighted by atomic mass is 16.4. The zero-order valence-corrected chi connectivity index (χ0v) is 10.4. The lowest BCUT2D eigenvalue weighted by Gasteiger charge is -2.07. The Hall–Kier alpha value is -2.63. The maximum Gasteiger partial charge on any atom is 0.335 e. The van der Waals surface area contributed by atoms with E-state index in [1.807, 2.05) is 0 Å². The Balaban J connectivity index is 2.96. The number of nitrogens with one attached hydrogen (secondary N) is 1. The Morgan fingerprint density at radius 2 is 1.84 bits per heavy atom. The number of amides is 1. The summed E-state index contributed by atoms with van der Waals surface area (Å²) in [6.07, 6.45) is 0.940. The van der Waals surface area contributed by atoms with Crippen LogP contribution in [0, 0.1) is 6.92 Å². The fraction of sp³-hybridized carbons (Fsp3) is 0.154. The van der Waals surface area contributed by atoms with Crippen molar-refractivity contribution in [2.45, 2.75) is 13.8 Å². The summed E-state index contributed by atoms with van der Waals surface area (Å²) in [5.74, 6) is -2.91. The Bertz CT molecular complexity index is 574. The number of carbonyl (C=O) groups excluding carboxylic acids is 1. The molecule has 6 nitrogen and oxygen atoms in total. The first kappa shape index (κ1) is 14.4. The zero-order valence-electron chi connectivity index (χ0n) is 10.4. The SMILES string of the molecule is C/C(=C\C(=O)Nc1cc(C(=O)O)ccc1C)C(=O)O. The quantitative estimate of drug-likeness (QED) is 0.717. The molecule has 0 aliphatic carbocycles. The van der Waals surface area contributed by atoms with Crippen LogP contribution < -0.4 is 5.32 Å². The predicted molar refractivity (Wildman–Crippen MR) is 68.2 cm³/mol. The number of anilines is 1. The summed E-state index contributed by atoms with van der Waals surface area (Å²) >= 11 is 0. The van der Waals surface area contributed by atoms with Crippen molar-refractivity contribution in [2.24, 2.45) is 0 Å². The molecule has 0 radical (unpaired) electrons. The first-order valence-corrected chi connectivity index (χ1v) is 5.37. The molecule has 0 saturated heterocycles. The van der Waals surface area contributed by atoms with E-state index in [0.717, 1.165) is 6.08 Å². The van der Waals surface area contributed by atoms with Crippen molar-refractivity contribution < 1.29 is 24.6 Å². The number of carbonyl (C=O) groups is 3. The molecule has 0 spiro atoms. The summed E-state index contributed by atoms with van der Waals surface area (Å²) in [5, 5.41) is 19.9. The summed E-state index contributed by atoms with van der Waals surface area (Å²) in [6, 6.07) is 4.30. The van der Waals surface area contributed by atoms with E-state index in [2.05, 4.69) is 5.32 Å². The molecule has 3 N–H and O–H groups in total. The maximum atomic E-state index is 11.6.